The van der Waals surface area contributed by atoms with Crippen LogP contribution in [0.2, 0.25) is 0 Å². The van der Waals surface area contributed by atoms with Crippen molar-refractivity contribution in [3.63, 3.8) is 0 Å². The summed E-state index contributed by atoms with van der Waals surface area (Å²) in [5, 5.41) is 9.92. The van der Waals surface area contributed by atoms with Gasteiger partial charge in [0, 0.05) is 13.1 Å². The molecule has 5 heteroatoms. The van der Waals surface area contributed by atoms with Crippen LogP contribution in [-0.4, -0.2) is 42.1 Å². The Labute approximate surface area is 160 Å². The molecule has 1 heterocycles. The maximum atomic E-state index is 12.9. The van der Waals surface area contributed by atoms with Gasteiger partial charge < -0.3 is 14.7 Å². The van der Waals surface area contributed by atoms with Crippen molar-refractivity contribution in [2.75, 3.05) is 20.2 Å². The molecule has 2 aliphatic rings. The molecule has 2 unspecified atom stereocenters. The highest BCUT2D eigenvalue weighted by molar-refractivity contribution is 5.82. The Bertz CT molecular complexity index is 742. The topological polar surface area (TPSA) is 66.8 Å². The maximum absolute atomic E-state index is 12.9. The van der Waals surface area contributed by atoms with Crippen molar-refractivity contribution in [2.24, 2.45) is 17.3 Å². The summed E-state index contributed by atoms with van der Waals surface area (Å²) in [5.41, 5.74) is 0.159. The zero-order chi connectivity index (χ0) is 19.4. The number of carbonyl (C=O) groups excluding carboxylic acids is 1. The number of amides is 1. The third kappa shape index (κ3) is 4.07. The Kier molecular flexibility index (Phi) is 5.68. The number of ether oxygens (including phenoxy) is 1. The number of benzene rings is 1. The van der Waals surface area contributed by atoms with E-state index in [1.54, 1.807) is 7.11 Å². The van der Waals surface area contributed by atoms with Crippen LogP contribution in [-0.2, 0) is 16.0 Å². The Morgan fingerprint density at radius 3 is 2.33 bits per heavy atom. The molecule has 0 spiro atoms. The van der Waals surface area contributed by atoms with E-state index in [0.29, 0.717) is 32.4 Å². The van der Waals surface area contributed by atoms with Gasteiger partial charge in [0.15, 0.2) is 0 Å². The molecule has 1 fully saturated rings. The third-order valence-electron chi connectivity index (χ3n) is 5.88. The van der Waals surface area contributed by atoms with Gasteiger partial charge in [-0.05, 0) is 42.9 Å². The number of aliphatic carboxylic acids is 1. The summed E-state index contributed by atoms with van der Waals surface area (Å²) < 4.78 is 5.17. The molecule has 1 aromatic carbocycles. The molecule has 5 nitrogen and oxygen atoms in total. The van der Waals surface area contributed by atoms with Crippen molar-refractivity contribution >= 4 is 11.9 Å². The summed E-state index contributed by atoms with van der Waals surface area (Å²) >= 11 is 0. The van der Waals surface area contributed by atoms with E-state index in [-0.39, 0.29) is 17.7 Å². The van der Waals surface area contributed by atoms with Crippen LogP contribution in [0.3, 0.4) is 0 Å². The first-order chi connectivity index (χ1) is 12.9. The number of piperidine rings is 1. The molecule has 1 N–H and O–H groups in total. The van der Waals surface area contributed by atoms with Crippen molar-refractivity contribution in [3.05, 3.63) is 54.1 Å². The van der Waals surface area contributed by atoms with E-state index in [1.165, 1.54) is 0 Å². The average molecular weight is 369 g/mol. The van der Waals surface area contributed by atoms with Crippen LogP contribution in [0.5, 0.6) is 5.75 Å². The Morgan fingerprint density at radius 2 is 1.78 bits per heavy atom. The van der Waals surface area contributed by atoms with Crippen molar-refractivity contribution in [2.45, 2.75) is 26.2 Å². The molecular formula is C22H27NO4. The summed E-state index contributed by atoms with van der Waals surface area (Å²) in [4.78, 5) is 26.8. The lowest BCUT2D eigenvalue weighted by atomic mass is 9.73. The summed E-state index contributed by atoms with van der Waals surface area (Å²) in [6.45, 7) is 3.02. The molecule has 1 saturated heterocycles. The van der Waals surface area contributed by atoms with Crippen molar-refractivity contribution in [1.82, 2.24) is 4.90 Å². The molecule has 1 aromatic rings. The minimum absolute atomic E-state index is 0.103. The van der Waals surface area contributed by atoms with Gasteiger partial charge >= 0.3 is 5.97 Å². The summed E-state index contributed by atoms with van der Waals surface area (Å²) in [5.74, 6) is 0.111. The highest BCUT2D eigenvalue weighted by Crippen LogP contribution is 2.37. The molecule has 1 aliphatic heterocycles. The fraction of sp³-hybridized carbons (Fsp3) is 0.455. The second-order valence-corrected chi connectivity index (χ2v) is 7.59. The molecule has 0 saturated carbocycles. The monoisotopic (exact) mass is 369 g/mol. The number of carboxylic acids is 1. The molecule has 144 valence electrons. The molecule has 0 radical (unpaired) electrons. The van der Waals surface area contributed by atoms with Crippen LogP contribution in [0.1, 0.15) is 25.3 Å². The fourth-order valence-electron chi connectivity index (χ4n) is 3.99. The van der Waals surface area contributed by atoms with Gasteiger partial charge in [-0.2, -0.15) is 0 Å². The predicted molar refractivity (Wildman–Crippen MR) is 104 cm³/mol. The molecule has 27 heavy (non-hydrogen) atoms. The van der Waals surface area contributed by atoms with Gasteiger partial charge in [0.25, 0.3) is 0 Å². The van der Waals surface area contributed by atoms with Gasteiger partial charge in [0.05, 0.1) is 18.4 Å². The number of nitrogens with zero attached hydrogens (tertiary/aromatic N) is 1. The van der Waals surface area contributed by atoms with Crippen molar-refractivity contribution in [1.29, 1.82) is 0 Å². The fourth-order valence-corrected chi connectivity index (χ4v) is 3.99. The van der Waals surface area contributed by atoms with E-state index in [9.17, 15) is 14.7 Å². The van der Waals surface area contributed by atoms with Gasteiger partial charge in [0.2, 0.25) is 5.91 Å². The van der Waals surface area contributed by atoms with Crippen molar-refractivity contribution in [3.8, 4) is 5.75 Å². The number of hydrogen-bond acceptors (Lipinski definition) is 3. The quantitative estimate of drug-likeness (QED) is 0.865. The van der Waals surface area contributed by atoms with Gasteiger partial charge in [-0.25, -0.2) is 0 Å². The number of rotatable bonds is 5. The van der Waals surface area contributed by atoms with E-state index in [2.05, 4.69) is 0 Å². The number of allylic oxidation sites excluding steroid dienone is 3. The standard InChI is InChI=1S/C22H27NO4/c1-16-5-3-4-6-19(16)20(24)23-13-11-22(12-14-23,21(25)26)15-17-7-9-18(27-2)10-8-17/h3-10,16,19H,11-15H2,1-2H3,(H,25,26). The van der Waals surface area contributed by atoms with E-state index in [1.807, 2.05) is 60.4 Å². The first kappa shape index (κ1) is 19.2. The van der Waals surface area contributed by atoms with Gasteiger partial charge in [-0.3, -0.25) is 9.59 Å². The summed E-state index contributed by atoms with van der Waals surface area (Å²) in [7, 11) is 1.61. The molecule has 1 amide bonds. The van der Waals surface area contributed by atoms with Crippen LogP contribution >= 0.6 is 0 Å². The van der Waals surface area contributed by atoms with E-state index >= 15 is 0 Å². The van der Waals surface area contributed by atoms with Gasteiger partial charge in [-0.1, -0.05) is 43.4 Å². The zero-order valence-electron chi connectivity index (χ0n) is 15.9. The van der Waals surface area contributed by atoms with E-state index in [0.717, 1.165) is 11.3 Å². The zero-order valence-corrected chi connectivity index (χ0v) is 15.9. The van der Waals surface area contributed by atoms with Crippen LogP contribution in [0.4, 0.5) is 0 Å². The van der Waals surface area contributed by atoms with Crippen molar-refractivity contribution < 1.29 is 19.4 Å². The molecule has 2 atom stereocenters. The Hall–Kier alpha value is -2.56. The minimum atomic E-state index is -0.820. The number of hydrogen-bond donors (Lipinski definition) is 1. The lowest BCUT2D eigenvalue weighted by molar-refractivity contribution is -0.155. The first-order valence-corrected chi connectivity index (χ1v) is 9.45. The smallest absolute Gasteiger partial charge is 0.310 e. The van der Waals surface area contributed by atoms with Crippen LogP contribution in [0.25, 0.3) is 0 Å². The largest absolute Gasteiger partial charge is 0.497 e. The number of methoxy groups -OCH3 is 1. The molecule has 1 aliphatic carbocycles. The third-order valence-corrected chi connectivity index (χ3v) is 5.88. The van der Waals surface area contributed by atoms with Crippen LogP contribution in [0, 0.1) is 17.3 Å². The SMILES string of the molecule is COc1ccc(CC2(C(=O)O)CCN(C(=O)C3C=CC=CC3C)CC2)cc1. The van der Waals surface area contributed by atoms with Gasteiger partial charge in [0.1, 0.15) is 5.75 Å². The van der Waals surface area contributed by atoms with Crippen LogP contribution < -0.4 is 4.74 Å². The lowest BCUT2D eigenvalue weighted by Gasteiger charge is -2.40. The van der Waals surface area contributed by atoms with Crippen LogP contribution in [0.15, 0.2) is 48.6 Å². The first-order valence-electron chi connectivity index (χ1n) is 9.45. The second kappa shape index (κ2) is 7.99. The Morgan fingerprint density at radius 1 is 1.15 bits per heavy atom. The molecule has 0 aromatic heterocycles. The highest BCUT2D eigenvalue weighted by atomic mass is 16.5. The minimum Gasteiger partial charge on any atom is -0.497 e. The number of likely N-dealkylation sites (tertiary alicyclic amines) is 1. The second-order valence-electron chi connectivity index (χ2n) is 7.59. The van der Waals surface area contributed by atoms with Gasteiger partial charge in [-0.15, -0.1) is 0 Å². The summed E-state index contributed by atoms with van der Waals surface area (Å²) in [6, 6.07) is 7.55. The maximum Gasteiger partial charge on any atom is 0.310 e. The number of carboxylic acid groups (broad SMARTS) is 1. The van der Waals surface area contributed by atoms with E-state index in [4.69, 9.17) is 4.74 Å². The lowest BCUT2D eigenvalue weighted by Crippen LogP contribution is -2.49. The average Bonchev–Trinajstić information content (AvgIpc) is 2.69. The van der Waals surface area contributed by atoms with E-state index < -0.39 is 11.4 Å². The number of carbonyl (C=O) groups is 2. The predicted octanol–water partition coefficient (Wildman–Crippen LogP) is 3.31. The molecule has 0 bridgehead atoms. The molecular weight excluding hydrogens is 342 g/mol. The highest BCUT2D eigenvalue weighted by Gasteiger charge is 2.43. The summed E-state index contributed by atoms with van der Waals surface area (Å²) in [6.07, 6.45) is 9.28. The molecule has 3 rings (SSSR count). The normalized spacial score (nSPS) is 23.9. The Balaban J connectivity index is 1.67.